The van der Waals surface area contributed by atoms with E-state index in [-0.39, 0.29) is 10.8 Å². The van der Waals surface area contributed by atoms with E-state index >= 15 is 0 Å². The lowest BCUT2D eigenvalue weighted by atomic mass is 10.1. The Bertz CT molecular complexity index is 891. The lowest BCUT2D eigenvalue weighted by Gasteiger charge is -2.09. The molecule has 0 heterocycles. The van der Waals surface area contributed by atoms with Crippen LogP contribution in [0.2, 0.25) is 0 Å². The maximum absolute atomic E-state index is 13.6. The van der Waals surface area contributed by atoms with Gasteiger partial charge in [0.1, 0.15) is 10.7 Å². The van der Waals surface area contributed by atoms with Crippen LogP contribution in [0, 0.1) is 5.82 Å². The lowest BCUT2D eigenvalue weighted by molar-refractivity contribution is 0.0951. The highest BCUT2D eigenvalue weighted by Gasteiger charge is 2.23. The first-order valence-corrected chi connectivity index (χ1v) is 9.85. The second-order valence-electron chi connectivity index (χ2n) is 6.22. The fourth-order valence-corrected chi connectivity index (χ4v) is 3.14. The number of rotatable bonds is 6. The molecule has 2 aromatic carbocycles. The summed E-state index contributed by atoms with van der Waals surface area (Å²) in [5.74, 6) is -0.836. The van der Waals surface area contributed by atoms with Gasteiger partial charge in [-0.1, -0.05) is 12.1 Å². The molecule has 132 valence electrons. The number of hydrogen-bond acceptors (Lipinski definition) is 4. The Labute approximate surface area is 146 Å². The van der Waals surface area contributed by atoms with Crippen LogP contribution < -0.4 is 10.6 Å². The molecule has 0 saturated heterocycles. The first-order valence-electron chi connectivity index (χ1n) is 7.96. The monoisotopic (exact) mass is 362 g/mol. The lowest BCUT2D eigenvalue weighted by Crippen LogP contribution is -2.25. The smallest absolute Gasteiger partial charge is 0.251 e. The van der Waals surface area contributed by atoms with E-state index in [1.807, 2.05) is 12.1 Å². The van der Waals surface area contributed by atoms with E-state index in [1.54, 1.807) is 12.1 Å². The Balaban J connectivity index is 1.64. The zero-order valence-corrected chi connectivity index (χ0v) is 14.6. The van der Waals surface area contributed by atoms with Crippen molar-refractivity contribution in [2.45, 2.75) is 30.3 Å². The Morgan fingerprint density at radius 2 is 1.84 bits per heavy atom. The molecular formula is C18H19FN2O3S. The molecule has 0 aliphatic heterocycles. The molecule has 25 heavy (non-hydrogen) atoms. The molecule has 2 aromatic rings. The predicted octanol–water partition coefficient (Wildman–Crippen LogP) is 2.73. The van der Waals surface area contributed by atoms with Crippen molar-refractivity contribution in [1.82, 2.24) is 5.32 Å². The van der Waals surface area contributed by atoms with Gasteiger partial charge in [-0.05, 0) is 48.7 Å². The Morgan fingerprint density at radius 3 is 2.44 bits per heavy atom. The number of carbonyl (C=O) groups is 1. The maximum atomic E-state index is 13.6. The van der Waals surface area contributed by atoms with Crippen molar-refractivity contribution in [2.24, 2.45) is 0 Å². The first kappa shape index (κ1) is 17.4. The van der Waals surface area contributed by atoms with Gasteiger partial charge >= 0.3 is 0 Å². The van der Waals surface area contributed by atoms with Gasteiger partial charge < -0.3 is 10.6 Å². The van der Waals surface area contributed by atoms with Crippen LogP contribution in [0.15, 0.2) is 47.4 Å². The minimum Gasteiger partial charge on any atom is -0.381 e. The number of sulfone groups is 1. The molecule has 0 atom stereocenters. The van der Waals surface area contributed by atoms with Crippen molar-refractivity contribution >= 4 is 21.4 Å². The summed E-state index contributed by atoms with van der Waals surface area (Å²) in [6, 6.07) is 11.4. The van der Waals surface area contributed by atoms with E-state index in [1.165, 1.54) is 12.1 Å². The number of nitrogens with one attached hydrogen (secondary N) is 2. The van der Waals surface area contributed by atoms with E-state index < -0.39 is 15.7 Å². The normalized spacial score (nSPS) is 14.2. The average Bonchev–Trinajstić information content (AvgIpc) is 3.37. The number of amides is 1. The van der Waals surface area contributed by atoms with Crippen LogP contribution in [0.1, 0.15) is 28.8 Å². The van der Waals surface area contributed by atoms with E-state index in [0.29, 0.717) is 23.8 Å². The summed E-state index contributed by atoms with van der Waals surface area (Å²) in [5, 5.41) is 5.99. The zero-order valence-electron chi connectivity index (χ0n) is 13.8. The first-order chi connectivity index (χ1) is 11.8. The van der Waals surface area contributed by atoms with Crippen LogP contribution in [0.4, 0.5) is 10.1 Å². The van der Waals surface area contributed by atoms with Crippen LogP contribution >= 0.6 is 0 Å². The molecule has 7 heteroatoms. The van der Waals surface area contributed by atoms with Gasteiger partial charge in [-0.25, -0.2) is 12.8 Å². The third kappa shape index (κ3) is 4.57. The van der Waals surface area contributed by atoms with Crippen molar-refractivity contribution in [1.29, 1.82) is 0 Å². The third-order valence-corrected chi connectivity index (χ3v) is 5.07. The van der Waals surface area contributed by atoms with Crippen LogP contribution in [0.3, 0.4) is 0 Å². The van der Waals surface area contributed by atoms with Crippen molar-refractivity contribution in [3.05, 3.63) is 59.4 Å². The minimum absolute atomic E-state index is 0.0710. The number of carbonyl (C=O) groups excluding carboxylic acids is 1. The van der Waals surface area contributed by atoms with Gasteiger partial charge in [0.2, 0.25) is 0 Å². The fraction of sp³-hybridized carbons (Fsp3) is 0.278. The summed E-state index contributed by atoms with van der Waals surface area (Å²) in [5.41, 5.74) is 2.04. The largest absolute Gasteiger partial charge is 0.381 e. The summed E-state index contributed by atoms with van der Waals surface area (Å²) in [6.07, 6.45) is 3.06. The molecule has 2 N–H and O–H groups in total. The van der Waals surface area contributed by atoms with Crippen molar-refractivity contribution < 1.29 is 17.6 Å². The van der Waals surface area contributed by atoms with Crippen LogP contribution in [0.5, 0.6) is 0 Å². The highest BCUT2D eigenvalue weighted by atomic mass is 32.2. The number of anilines is 1. The molecule has 1 fully saturated rings. The molecule has 0 radical (unpaired) electrons. The molecule has 0 spiro atoms. The second kappa shape index (κ2) is 6.84. The predicted molar refractivity (Wildman–Crippen MR) is 93.8 cm³/mol. The van der Waals surface area contributed by atoms with Crippen molar-refractivity contribution in [3.63, 3.8) is 0 Å². The number of hydrogen-bond donors (Lipinski definition) is 2. The average molecular weight is 362 g/mol. The van der Waals surface area contributed by atoms with Crippen LogP contribution in [-0.4, -0.2) is 26.6 Å². The van der Waals surface area contributed by atoms with Crippen LogP contribution in [-0.2, 0) is 16.4 Å². The molecule has 0 aromatic heterocycles. The highest BCUT2D eigenvalue weighted by molar-refractivity contribution is 7.90. The highest BCUT2D eigenvalue weighted by Crippen LogP contribution is 2.21. The SMILES string of the molecule is CS(=O)(=O)c1cc(NCc2ccc(C(=O)NC3CC3)cc2)ccc1F. The van der Waals surface area contributed by atoms with Crippen molar-refractivity contribution in [3.8, 4) is 0 Å². The van der Waals surface area contributed by atoms with E-state index in [4.69, 9.17) is 0 Å². The van der Waals surface area contributed by atoms with Crippen LogP contribution in [0.25, 0.3) is 0 Å². The summed E-state index contributed by atoms with van der Waals surface area (Å²) in [7, 11) is -3.62. The number of benzene rings is 2. The molecule has 3 rings (SSSR count). The van der Waals surface area contributed by atoms with E-state index in [9.17, 15) is 17.6 Å². The summed E-state index contributed by atoms with van der Waals surface area (Å²) in [6.45, 7) is 0.430. The molecule has 1 aliphatic rings. The van der Waals surface area contributed by atoms with Gasteiger partial charge in [-0.2, -0.15) is 0 Å². The molecule has 1 saturated carbocycles. The van der Waals surface area contributed by atoms with E-state index in [0.717, 1.165) is 30.7 Å². The molecule has 0 unspecified atom stereocenters. The third-order valence-electron chi connectivity index (χ3n) is 3.96. The summed E-state index contributed by atoms with van der Waals surface area (Å²) in [4.78, 5) is 11.6. The molecular weight excluding hydrogens is 343 g/mol. The standard InChI is InChI=1S/C18H19FN2O3S/c1-25(23,24)17-10-15(8-9-16(17)19)20-11-12-2-4-13(5-3-12)18(22)21-14-6-7-14/h2-5,8-10,14,20H,6-7,11H2,1H3,(H,21,22). The number of halogens is 1. The Morgan fingerprint density at radius 1 is 1.16 bits per heavy atom. The van der Waals surface area contributed by atoms with Gasteiger partial charge in [0.05, 0.1) is 0 Å². The second-order valence-corrected chi connectivity index (χ2v) is 8.20. The van der Waals surface area contributed by atoms with Gasteiger partial charge in [0, 0.05) is 30.1 Å². The van der Waals surface area contributed by atoms with Gasteiger partial charge in [0.15, 0.2) is 9.84 Å². The van der Waals surface area contributed by atoms with E-state index in [2.05, 4.69) is 10.6 Å². The Hall–Kier alpha value is -2.41. The molecule has 1 aliphatic carbocycles. The fourth-order valence-electron chi connectivity index (χ4n) is 2.37. The van der Waals surface area contributed by atoms with Gasteiger partial charge in [0.25, 0.3) is 5.91 Å². The maximum Gasteiger partial charge on any atom is 0.251 e. The quantitative estimate of drug-likeness (QED) is 0.829. The van der Waals surface area contributed by atoms with Gasteiger partial charge in [-0.15, -0.1) is 0 Å². The molecule has 5 nitrogen and oxygen atoms in total. The Kier molecular flexibility index (Phi) is 4.76. The summed E-state index contributed by atoms with van der Waals surface area (Å²) >= 11 is 0. The van der Waals surface area contributed by atoms with Gasteiger partial charge in [-0.3, -0.25) is 4.79 Å². The molecule has 0 bridgehead atoms. The topological polar surface area (TPSA) is 75.3 Å². The van der Waals surface area contributed by atoms with Crippen molar-refractivity contribution in [2.75, 3.05) is 11.6 Å². The molecule has 1 amide bonds. The minimum atomic E-state index is -3.62. The summed E-state index contributed by atoms with van der Waals surface area (Å²) < 4.78 is 36.7. The zero-order chi connectivity index (χ0) is 18.0.